The molecule has 1 aliphatic heterocycles. The maximum absolute atomic E-state index is 12.9. The van der Waals surface area contributed by atoms with E-state index in [4.69, 9.17) is 9.47 Å². The number of thioether (sulfide) groups is 1. The zero-order valence-corrected chi connectivity index (χ0v) is 19.1. The maximum atomic E-state index is 12.9. The lowest BCUT2D eigenvalue weighted by Crippen LogP contribution is -2.31. The number of benzene rings is 1. The molecule has 1 aromatic carbocycles. The molecule has 0 atom stereocenters. The SMILES string of the molecule is C=CCN(Cc1cccs1)C(=O)CSc1ncc(-c2ccc3c(c2)OCCO3)n1CC. The average molecular weight is 456 g/mol. The molecule has 2 aromatic heterocycles. The summed E-state index contributed by atoms with van der Waals surface area (Å²) >= 11 is 3.12. The summed E-state index contributed by atoms with van der Waals surface area (Å²) in [6, 6.07) is 9.99. The van der Waals surface area contributed by atoms with Crippen LogP contribution >= 0.6 is 23.1 Å². The van der Waals surface area contributed by atoms with Crippen molar-refractivity contribution in [3.8, 4) is 22.8 Å². The van der Waals surface area contributed by atoms with Crippen LogP contribution < -0.4 is 9.47 Å². The number of ether oxygens (including phenoxy) is 2. The second kappa shape index (κ2) is 10.1. The Morgan fingerprint density at radius 2 is 2.16 bits per heavy atom. The van der Waals surface area contributed by atoms with Crippen LogP contribution in [0.4, 0.5) is 0 Å². The van der Waals surface area contributed by atoms with Crippen LogP contribution in [0, 0.1) is 0 Å². The molecule has 31 heavy (non-hydrogen) atoms. The molecule has 1 amide bonds. The maximum Gasteiger partial charge on any atom is 0.233 e. The highest BCUT2D eigenvalue weighted by Crippen LogP contribution is 2.35. The topological polar surface area (TPSA) is 56.6 Å². The van der Waals surface area contributed by atoms with Crippen molar-refractivity contribution in [2.24, 2.45) is 0 Å². The first kappa shape index (κ1) is 21.5. The quantitative estimate of drug-likeness (QED) is 0.346. The van der Waals surface area contributed by atoms with Gasteiger partial charge in [0.15, 0.2) is 16.7 Å². The molecule has 0 unspecified atom stereocenters. The summed E-state index contributed by atoms with van der Waals surface area (Å²) in [5.41, 5.74) is 2.01. The van der Waals surface area contributed by atoms with E-state index in [2.05, 4.69) is 23.1 Å². The van der Waals surface area contributed by atoms with Gasteiger partial charge in [0.05, 0.1) is 24.2 Å². The van der Waals surface area contributed by atoms with E-state index in [1.165, 1.54) is 11.8 Å². The molecule has 0 spiro atoms. The first-order valence-electron chi connectivity index (χ1n) is 10.2. The predicted molar refractivity (Wildman–Crippen MR) is 125 cm³/mol. The lowest BCUT2D eigenvalue weighted by Gasteiger charge is -2.20. The van der Waals surface area contributed by atoms with Gasteiger partial charge in [-0.3, -0.25) is 4.79 Å². The highest BCUT2D eigenvalue weighted by molar-refractivity contribution is 7.99. The molecule has 162 valence electrons. The molecular weight excluding hydrogens is 430 g/mol. The monoisotopic (exact) mass is 455 g/mol. The molecule has 1 aliphatic rings. The number of thiophene rings is 1. The molecule has 0 saturated heterocycles. The van der Waals surface area contributed by atoms with Crippen molar-refractivity contribution >= 4 is 29.0 Å². The Balaban J connectivity index is 1.47. The molecule has 3 heterocycles. The van der Waals surface area contributed by atoms with Crippen LogP contribution in [-0.2, 0) is 17.9 Å². The van der Waals surface area contributed by atoms with Crippen LogP contribution in [0.25, 0.3) is 11.3 Å². The third-order valence-corrected chi connectivity index (χ3v) is 6.76. The Morgan fingerprint density at radius 3 is 2.90 bits per heavy atom. The minimum atomic E-state index is 0.0739. The molecule has 0 saturated carbocycles. The fraction of sp³-hybridized carbons (Fsp3) is 0.304. The van der Waals surface area contributed by atoms with Crippen LogP contribution in [-0.4, -0.2) is 45.9 Å². The highest BCUT2D eigenvalue weighted by Gasteiger charge is 2.18. The molecule has 4 rings (SSSR count). The van der Waals surface area contributed by atoms with Gasteiger partial charge in [0.1, 0.15) is 13.2 Å². The summed E-state index contributed by atoms with van der Waals surface area (Å²) in [6.07, 6.45) is 3.62. The number of amides is 1. The third kappa shape index (κ3) is 4.97. The Hall–Kier alpha value is -2.71. The molecule has 0 radical (unpaired) electrons. The lowest BCUT2D eigenvalue weighted by molar-refractivity contribution is -0.128. The molecular formula is C23H25N3O3S2. The summed E-state index contributed by atoms with van der Waals surface area (Å²) in [4.78, 5) is 20.4. The highest BCUT2D eigenvalue weighted by atomic mass is 32.2. The summed E-state index contributed by atoms with van der Waals surface area (Å²) in [6.45, 7) is 8.89. The second-order valence-corrected chi connectivity index (χ2v) is 8.93. The number of nitrogens with zero attached hydrogens (tertiary/aromatic N) is 3. The van der Waals surface area contributed by atoms with Crippen molar-refractivity contribution in [1.82, 2.24) is 14.5 Å². The van der Waals surface area contributed by atoms with Crippen molar-refractivity contribution in [3.05, 3.63) is 59.4 Å². The zero-order chi connectivity index (χ0) is 21.6. The number of hydrogen-bond acceptors (Lipinski definition) is 6. The number of carbonyl (C=O) groups is 1. The van der Waals surface area contributed by atoms with E-state index in [1.807, 2.05) is 46.8 Å². The van der Waals surface area contributed by atoms with Gasteiger partial charge in [0, 0.05) is 23.5 Å². The number of carbonyl (C=O) groups excluding carboxylic acids is 1. The van der Waals surface area contributed by atoms with Crippen molar-refractivity contribution in [2.75, 3.05) is 25.5 Å². The van der Waals surface area contributed by atoms with E-state index in [9.17, 15) is 4.79 Å². The summed E-state index contributed by atoms with van der Waals surface area (Å²) in [7, 11) is 0. The van der Waals surface area contributed by atoms with E-state index < -0.39 is 0 Å². The average Bonchev–Trinajstić information content (AvgIpc) is 3.46. The Kier molecular flexibility index (Phi) is 6.99. The Labute approximate surface area is 190 Å². The van der Waals surface area contributed by atoms with Crippen molar-refractivity contribution in [1.29, 1.82) is 0 Å². The van der Waals surface area contributed by atoms with Crippen molar-refractivity contribution in [3.63, 3.8) is 0 Å². The van der Waals surface area contributed by atoms with Gasteiger partial charge in [-0.2, -0.15) is 0 Å². The van der Waals surface area contributed by atoms with E-state index in [0.717, 1.165) is 39.3 Å². The number of hydrogen-bond donors (Lipinski definition) is 0. The van der Waals surface area contributed by atoms with Gasteiger partial charge in [0.2, 0.25) is 5.91 Å². The van der Waals surface area contributed by atoms with Gasteiger partial charge in [-0.05, 0) is 36.6 Å². The molecule has 3 aromatic rings. The van der Waals surface area contributed by atoms with Gasteiger partial charge < -0.3 is 18.9 Å². The van der Waals surface area contributed by atoms with Crippen LogP contribution in [0.1, 0.15) is 11.8 Å². The van der Waals surface area contributed by atoms with Gasteiger partial charge in [-0.25, -0.2) is 4.98 Å². The smallest absolute Gasteiger partial charge is 0.233 e. The fourth-order valence-corrected chi connectivity index (χ4v) is 5.10. The van der Waals surface area contributed by atoms with E-state index in [0.29, 0.717) is 32.1 Å². The van der Waals surface area contributed by atoms with Crippen LogP contribution in [0.5, 0.6) is 11.5 Å². The molecule has 0 N–H and O–H groups in total. The van der Waals surface area contributed by atoms with Crippen molar-refractivity contribution < 1.29 is 14.3 Å². The summed E-state index contributed by atoms with van der Waals surface area (Å²) in [5.74, 6) is 1.93. The molecule has 8 heteroatoms. The van der Waals surface area contributed by atoms with Gasteiger partial charge in [-0.15, -0.1) is 17.9 Å². The summed E-state index contributed by atoms with van der Waals surface area (Å²) < 4.78 is 13.5. The minimum Gasteiger partial charge on any atom is -0.486 e. The van der Waals surface area contributed by atoms with Gasteiger partial charge in [0.25, 0.3) is 0 Å². The Morgan fingerprint density at radius 1 is 1.32 bits per heavy atom. The standard InChI is InChI=1S/C23H25N3O3S2/c1-3-9-25(15-18-6-5-12-30-18)22(27)16-31-23-24-14-19(26(23)4-2)17-7-8-20-21(13-17)29-11-10-28-20/h3,5-8,12-14H,1,4,9-11,15-16H2,2H3. The predicted octanol–water partition coefficient (Wildman–Crippen LogP) is 4.71. The Bertz CT molecular complexity index is 1050. The molecule has 0 bridgehead atoms. The van der Waals surface area contributed by atoms with Crippen molar-refractivity contribution in [2.45, 2.75) is 25.2 Å². The largest absolute Gasteiger partial charge is 0.486 e. The first-order valence-corrected chi connectivity index (χ1v) is 12.1. The molecule has 6 nitrogen and oxygen atoms in total. The number of rotatable bonds is 9. The second-order valence-electron chi connectivity index (χ2n) is 6.96. The minimum absolute atomic E-state index is 0.0739. The normalized spacial score (nSPS) is 12.5. The van der Waals surface area contributed by atoms with E-state index in [-0.39, 0.29) is 5.91 Å². The van der Waals surface area contributed by atoms with E-state index >= 15 is 0 Å². The van der Waals surface area contributed by atoms with Gasteiger partial charge in [-0.1, -0.05) is 23.9 Å². The first-order chi connectivity index (χ1) is 15.2. The third-order valence-electron chi connectivity index (χ3n) is 4.93. The number of imidazole rings is 1. The van der Waals surface area contributed by atoms with Gasteiger partial charge >= 0.3 is 0 Å². The molecule has 0 aliphatic carbocycles. The number of aromatic nitrogens is 2. The lowest BCUT2D eigenvalue weighted by atomic mass is 10.1. The fourth-order valence-electron chi connectivity index (χ4n) is 3.43. The van der Waals surface area contributed by atoms with E-state index in [1.54, 1.807) is 17.4 Å². The molecule has 0 fully saturated rings. The van der Waals surface area contributed by atoms with Crippen LogP contribution in [0.3, 0.4) is 0 Å². The van der Waals surface area contributed by atoms with Crippen LogP contribution in [0.2, 0.25) is 0 Å². The summed E-state index contributed by atoms with van der Waals surface area (Å²) in [5, 5.41) is 2.85. The number of fused-ring (bicyclic) bond motifs is 1. The zero-order valence-electron chi connectivity index (χ0n) is 17.5. The van der Waals surface area contributed by atoms with Crippen LogP contribution in [0.15, 0.2) is 59.7 Å².